The maximum Gasteiger partial charge on any atom is 0.124 e. The lowest BCUT2D eigenvalue weighted by molar-refractivity contribution is 0.230. The highest BCUT2D eigenvalue weighted by Crippen LogP contribution is 2.30. The lowest BCUT2D eigenvalue weighted by atomic mass is 10.1. The first kappa shape index (κ1) is 13.5. The molecule has 0 spiro atoms. The molecule has 1 aliphatic carbocycles. The molecule has 1 saturated carbocycles. The van der Waals surface area contributed by atoms with E-state index in [1.807, 2.05) is 6.07 Å². The van der Waals surface area contributed by atoms with Gasteiger partial charge in [0.05, 0.1) is 0 Å². The molecule has 1 aromatic rings. The van der Waals surface area contributed by atoms with Gasteiger partial charge in [-0.3, -0.25) is 4.90 Å². The van der Waals surface area contributed by atoms with Crippen LogP contribution in [0.4, 0.5) is 4.39 Å². The molecule has 19 heavy (non-hydrogen) atoms. The number of nitrogens with one attached hydrogen (secondary N) is 1. The monoisotopic (exact) mass is 326 g/mol. The van der Waals surface area contributed by atoms with E-state index in [1.54, 1.807) is 12.1 Å². The lowest BCUT2D eigenvalue weighted by Gasteiger charge is -2.26. The molecule has 2 aliphatic rings. The molecule has 0 aromatic heterocycles. The Hall–Kier alpha value is -0.450. The maximum absolute atomic E-state index is 13.1. The number of hydrogen-bond acceptors (Lipinski definition) is 2. The van der Waals surface area contributed by atoms with Gasteiger partial charge in [0.1, 0.15) is 5.82 Å². The zero-order valence-electron chi connectivity index (χ0n) is 11.0. The quantitative estimate of drug-likeness (QED) is 0.893. The molecule has 0 radical (unpaired) electrons. The van der Waals surface area contributed by atoms with Gasteiger partial charge in [-0.2, -0.15) is 0 Å². The fourth-order valence-electron chi connectivity index (χ4n) is 2.85. The van der Waals surface area contributed by atoms with Crippen molar-refractivity contribution in [3.05, 3.63) is 34.1 Å². The Balaban J connectivity index is 1.66. The molecule has 4 heteroatoms. The second-order valence-electron chi connectivity index (χ2n) is 5.69. The van der Waals surface area contributed by atoms with Crippen molar-refractivity contribution in [3.8, 4) is 0 Å². The van der Waals surface area contributed by atoms with Crippen molar-refractivity contribution in [2.24, 2.45) is 0 Å². The Bertz CT molecular complexity index is 442. The van der Waals surface area contributed by atoms with Crippen molar-refractivity contribution in [1.29, 1.82) is 0 Å². The smallest absolute Gasteiger partial charge is 0.124 e. The van der Waals surface area contributed by atoms with E-state index in [-0.39, 0.29) is 5.82 Å². The molecule has 1 atom stereocenters. The Morgan fingerprint density at radius 1 is 1.32 bits per heavy atom. The van der Waals surface area contributed by atoms with Gasteiger partial charge in [-0.25, -0.2) is 4.39 Å². The SMILES string of the molecule is Fc1ccc(CN(CC2CCCN2)C2CC2)c(Br)c1. The molecular weight excluding hydrogens is 307 g/mol. The molecule has 2 nitrogen and oxygen atoms in total. The van der Waals surface area contributed by atoms with Crippen LogP contribution in [0.15, 0.2) is 22.7 Å². The Kier molecular flexibility index (Phi) is 4.20. The number of hydrogen-bond donors (Lipinski definition) is 1. The minimum absolute atomic E-state index is 0.175. The Labute approximate surface area is 122 Å². The summed E-state index contributed by atoms with van der Waals surface area (Å²) in [7, 11) is 0. The predicted molar refractivity (Wildman–Crippen MR) is 78.6 cm³/mol. The molecule has 1 saturated heterocycles. The van der Waals surface area contributed by atoms with E-state index in [1.165, 1.54) is 31.2 Å². The third-order valence-corrected chi connectivity index (χ3v) is 4.81. The minimum Gasteiger partial charge on any atom is -0.313 e. The van der Waals surface area contributed by atoms with Crippen LogP contribution in [0.2, 0.25) is 0 Å². The largest absolute Gasteiger partial charge is 0.313 e. The summed E-state index contributed by atoms with van der Waals surface area (Å²) in [6.45, 7) is 3.20. The molecule has 1 aliphatic heterocycles. The first-order chi connectivity index (χ1) is 9.22. The standard InChI is InChI=1S/C15H20BrFN2/c16-15-8-12(17)4-3-11(15)9-19(14-5-6-14)10-13-2-1-7-18-13/h3-4,8,13-14,18H,1-2,5-7,9-10H2. The summed E-state index contributed by atoms with van der Waals surface area (Å²) >= 11 is 3.48. The minimum atomic E-state index is -0.175. The average Bonchev–Trinajstić information content (AvgIpc) is 3.10. The third kappa shape index (κ3) is 3.56. The van der Waals surface area contributed by atoms with Crippen molar-refractivity contribution < 1.29 is 4.39 Å². The highest BCUT2D eigenvalue weighted by atomic mass is 79.9. The van der Waals surface area contributed by atoms with Gasteiger partial charge < -0.3 is 5.32 Å². The van der Waals surface area contributed by atoms with Gasteiger partial charge in [-0.15, -0.1) is 0 Å². The first-order valence-corrected chi connectivity index (χ1v) is 7.93. The van der Waals surface area contributed by atoms with E-state index in [4.69, 9.17) is 0 Å². The molecule has 0 amide bonds. The normalized spacial score (nSPS) is 23.2. The van der Waals surface area contributed by atoms with Gasteiger partial charge in [0.15, 0.2) is 0 Å². The van der Waals surface area contributed by atoms with Crippen molar-refractivity contribution in [2.45, 2.75) is 44.3 Å². The Morgan fingerprint density at radius 3 is 2.79 bits per heavy atom. The number of rotatable bonds is 5. The molecule has 1 unspecified atom stereocenters. The summed E-state index contributed by atoms with van der Waals surface area (Å²) in [6, 6.07) is 6.39. The van der Waals surface area contributed by atoms with Gasteiger partial charge in [-0.05, 0) is 49.9 Å². The zero-order chi connectivity index (χ0) is 13.2. The molecule has 2 fully saturated rings. The fraction of sp³-hybridized carbons (Fsp3) is 0.600. The molecule has 1 N–H and O–H groups in total. The van der Waals surface area contributed by atoms with E-state index in [2.05, 4.69) is 26.1 Å². The van der Waals surface area contributed by atoms with Crippen LogP contribution in [0.1, 0.15) is 31.2 Å². The van der Waals surface area contributed by atoms with E-state index < -0.39 is 0 Å². The summed E-state index contributed by atoms with van der Waals surface area (Å²) in [4.78, 5) is 2.56. The van der Waals surface area contributed by atoms with Crippen molar-refractivity contribution in [2.75, 3.05) is 13.1 Å². The summed E-state index contributed by atoms with van der Waals surface area (Å²) < 4.78 is 14.0. The molecule has 0 bridgehead atoms. The number of benzene rings is 1. The van der Waals surface area contributed by atoms with E-state index >= 15 is 0 Å². The summed E-state index contributed by atoms with van der Waals surface area (Å²) in [5.74, 6) is -0.175. The highest BCUT2D eigenvalue weighted by Gasteiger charge is 2.31. The van der Waals surface area contributed by atoms with Gasteiger partial charge in [0.25, 0.3) is 0 Å². The fourth-order valence-corrected chi connectivity index (χ4v) is 3.32. The van der Waals surface area contributed by atoms with Gasteiger partial charge >= 0.3 is 0 Å². The molecule has 3 rings (SSSR count). The second kappa shape index (κ2) is 5.90. The highest BCUT2D eigenvalue weighted by molar-refractivity contribution is 9.10. The number of halogens is 2. The van der Waals surface area contributed by atoms with E-state index in [0.717, 1.165) is 30.1 Å². The van der Waals surface area contributed by atoms with Crippen LogP contribution in [0.3, 0.4) is 0 Å². The Morgan fingerprint density at radius 2 is 2.16 bits per heavy atom. The van der Waals surface area contributed by atoms with Crippen LogP contribution in [0, 0.1) is 5.82 Å². The predicted octanol–water partition coefficient (Wildman–Crippen LogP) is 3.30. The second-order valence-corrected chi connectivity index (χ2v) is 6.54. The van der Waals surface area contributed by atoms with E-state index in [9.17, 15) is 4.39 Å². The van der Waals surface area contributed by atoms with Crippen LogP contribution < -0.4 is 5.32 Å². The lowest BCUT2D eigenvalue weighted by Crippen LogP contribution is -2.38. The van der Waals surface area contributed by atoms with Crippen molar-refractivity contribution in [1.82, 2.24) is 10.2 Å². The van der Waals surface area contributed by atoms with E-state index in [0.29, 0.717) is 6.04 Å². The van der Waals surface area contributed by atoms with Crippen molar-refractivity contribution >= 4 is 15.9 Å². The topological polar surface area (TPSA) is 15.3 Å². The summed E-state index contributed by atoms with van der Waals surface area (Å²) in [6.07, 6.45) is 5.20. The molecule has 1 aromatic carbocycles. The third-order valence-electron chi connectivity index (χ3n) is 4.07. The van der Waals surface area contributed by atoms with Crippen LogP contribution >= 0.6 is 15.9 Å². The van der Waals surface area contributed by atoms with Crippen LogP contribution in [0.25, 0.3) is 0 Å². The molecular formula is C15H20BrFN2. The average molecular weight is 327 g/mol. The first-order valence-electron chi connectivity index (χ1n) is 7.14. The number of nitrogens with zero attached hydrogens (tertiary/aromatic N) is 1. The molecule has 104 valence electrons. The van der Waals surface area contributed by atoms with Crippen molar-refractivity contribution in [3.63, 3.8) is 0 Å². The summed E-state index contributed by atoms with van der Waals surface area (Å²) in [5.41, 5.74) is 1.19. The zero-order valence-corrected chi connectivity index (χ0v) is 12.6. The van der Waals surface area contributed by atoms with Gasteiger partial charge in [0, 0.05) is 29.6 Å². The van der Waals surface area contributed by atoms with Gasteiger partial charge in [0.2, 0.25) is 0 Å². The molecule has 1 heterocycles. The van der Waals surface area contributed by atoms with Crippen LogP contribution in [0.5, 0.6) is 0 Å². The maximum atomic E-state index is 13.1. The summed E-state index contributed by atoms with van der Waals surface area (Å²) in [5, 5.41) is 3.57. The van der Waals surface area contributed by atoms with Crippen LogP contribution in [-0.2, 0) is 6.54 Å². The van der Waals surface area contributed by atoms with Gasteiger partial charge in [-0.1, -0.05) is 22.0 Å². The van der Waals surface area contributed by atoms with Crippen LogP contribution in [-0.4, -0.2) is 30.1 Å².